The van der Waals surface area contributed by atoms with E-state index >= 15 is 0 Å². The molecule has 0 unspecified atom stereocenters. The van der Waals surface area contributed by atoms with Crippen LogP contribution < -0.4 is 5.32 Å². The topological polar surface area (TPSA) is 29.1 Å². The van der Waals surface area contributed by atoms with E-state index in [1.165, 1.54) is 5.56 Å². The normalized spacial score (nSPS) is 11.3. The third-order valence-corrected chi connectivity index (χ3v) is 4.50. The van der Waals surface area contributed by atoms with Gasteiger partial charge in [0.25, 0.3) is 0 Å². The number of rotatable bonds is 5. The van der Waals surface area contributed by atoms with Crippen LogP contribution in [0.2, 0.25) is 0 Å². The van der Waals surface area contributed by atoms with Crippen molar-refractivity contribution >= 4 is 33.2 Å². The van der Waals surface area contributed by atoms with Gasteiger partial charge < -0.3 is 5.32 Å². The molecular formula is C16H18BrNOS. The van der Waals surface area contributed by atoms with Gasteiger partial charge in [-0.1, -0.05) is 28.1 Å². The molecule has 20 heavy (non-hydrogen) atoms. The highest BCUT2D eigenvalue weighted by Gasteiger charge is 2.22. The lowest BCUT2D eigenvalue weighted by Gasteiger charge is -2.27. The molecule has 1 aromatic heterocycles. The Morgan fingerprint density at radius 2 is 1.95 bits per heavy atom. The minimum absolute atomic E-state index is 0.0871. The molecule has 0 atom stereocenters. The summed E-state index contributed by atoms with van der Waals surface area (Å²) in [4.78, 5) is 12.1. The number of benzene rings is 1. The number of halogens is 1. The third-order valence-electron chi connectivity index (χ3n) is 3.24. The van der Waals surface area contributed by atoms with Crippen LogP contribution in [0.15, 0.2) is 45.6 Å². The number of hydrogen-bond acceptors (Lipinski definition) is 2. The number of nitrogens with one attached hydrogen (secondary N) is 1. The molecule has 0 fully saturated rings. The Morgan fingerprint density at radius 1 is 1.25 bits per heavy atom. The summed E-state index contributed by atoms with van der Waals surface area (Å²) in [5, 5.41) is 7.23. The van der Waals surface area contributed by atoms with Crippen LogP contribution in [0.1, 0.15) is 31.4 Å². The Hall–Kier alpha value is -1.13. The van der Waals surface area contributed by atoms with Crippen molar-refractivity contribution in [2.75, 3.05) is 0 Å². The van der Waals surface area contributed by atoms with E-state index in [9.17, 15) is 4.79 Å². The molecule has 0 saturated heterocycles. The van der Waals surface area contributed by atoms with E-state index < -0.39 is 0 Å². The molecule has 0 aliphatic heterocycles. The molecular weight excluding hydrogens is 334 g/mol. The lowest BCUT2D eigenvalue weighted by atomic mass is 9.94. The van der Waals surface area contributed by atoms with E-state index in [2.05, 4.69) is 32.7 Å². The number of aryl methyl sites for hydroxylation is 1. The number of thiophene rings is 1. The van der Waals surface area contributed by atoms with Crippen molar-refractivity contribution in [2.45, 2.75) is 32.2 Å². The monoisotopic (exact) mass is 351 g/mol. The average molecular weight is 352 g/mol. The average Bonchev–Trinajstić information content (AvgIpc) is 2.89. The van der Waals surface area contributed by atoms with E-state index in [4.69, 9.17) is 0 Å². The van der Waals surface area contributed by atoms with Crippen LogP contribution in [0.25, 0.3) is 0 Å². The van der Waals surface area contributed by atoms with Gasteiger partial charge in [-0.05, 0) is 60.4 Å². The summed E-state index contributed by atoms with van der Waals surface area (Å²) in [6, 6.07) is 10.1. The molecule has 2 nitrogen and oxygen atoms in total. The highest BCUT2D eigenvalue weighted by molar-refractivity contribution is 9.10. The predicted octanol–water partition coefficient (Wildman–Crippen LogP) is 4.49. The molecule has 1 aromatic carbocycles. The predicted molar refractivity (Wildman–Crippen MR) is 88.0 cm³/mol. The largest absolute Gasteiger partial charge is 0.347 e. The van der Waals surface area contributed by atoms with Crippen LogP contribution in [-0.2, 0) is 16.8 Å². The van der Waals surface area contributed by atoms with Crippen molar-refractivity contribution < 1.29 is 4.79 Å². The summed E-state index contributed by atoms with van der Waals surface area (Å²) in [5.41, 5.74) is 1.98. The van der Waals surface area contributed by atoms with Crippen molar-refractivity contribution in [3.8, 4) is 0 Å². The molecule has 1 N–H and O–H groups in total. The van der Waals surface area contributed by atoms with Gasteiger partial charge in [0.2, 0.25) is 5.91 Å². The van der Waals surface area contributed by atoms with Gasteiger partial charge in [-0.25, -0.2) is 0 Å². The van der Waals surface area contributed by atoms with E-state index in [0.717, 1.165) is 16.5 Å². The minimum Gasteiger partial charge on any atom is -0.347 e. The molecule has 2 aromatic rings. The van der Waals surface area contributed by atoms with Gasteiger partial charge in [0.05, 0.1) is 5.54 Å². The molecule has 1 amide bonds. The lowest BCUT2D eigenvalue weighted by molar-refractivity contribution is -0.122. The molecule has 0 aliphatic carbocycles. The quantitative estimate of drug-likeness (QED) is 0.844. The second kappa shape index (κ2) is 6.55. The number of carbonyl (C=O) groups is 1. The zero-order valence-corrected chi connectivity index (χ0v) is 14.1. The highest BCUT2D eigenvalue weighted by atomic mass is 79.9. The Morgan fingerprint density at radius 3 is 2.55 bits per heavy atom. The van der Waals surface area contributed by atoms with Gasteiger partial charge in [-0.15, -0.1) is 0 Å². The Balaban J connectivity index is 1.93. The summed E-state index contributed by atoms with van der Waals surface area (Å²) >= 11 is 5.09. The molecule has 0 radical (unpaired) electrons. The molecule has 0 aliphatic rings. The zero-order chi connectivity index (χ0) is 14.6. The zero-order valence-electron chi connectivity index (χ0n) is 11.7. The van der Waals surface area contributed by atoms with Gasteiger partial charge in [-0.2, -0.15) is 11.3 Å². The van der Waals surface area contributed by atoms with Crippen molar-refractivity contribution in [1.82, 2.24) is 5.32 Å². The summed E-state index contributed by atoms with van der Waals surface area (Å²) in [6.45, 7) is 4.05. The minimum atomic E-state index is -0.355. The number of amides is 1. The first-order chi connectivity index (χ1) is 9.47. The number of carbonyl (C=O) groups excluding carboxylic acids is 1. The Labute approximate surface area is 132 Å². The fraction of sp³-hybridized carbons (Fsp3) is 0.312. The molecule has 0 saturated carbocycles. The maximum Gasteiger partial charge on any atom is 0.221 e. The van der Waals surface area contributed by atoms with Crippen molar-refractivity contribution in [2.24, 2.45) is 0 Å². The van der Waals surface area contributed by atoms with E-state index in [0.29, 0.717) is 6.42 Å². The molecule has 0 bridgehead atoms. The van der Waals surface area contributed by atoms with Crippen molar-refractivity contribution in [3.63, 3.8) is 0 Å². The summed E-state index contributed by atoms with van der Waals surface area (Å²) in [6.07, 6.45) is 1.32. The lowest BCUT2D eigenvalue weighted by Crippen LogP contribution is -2.41. The molecule has 0 spiro atoms. The van der Waals surface area contributed by atoms with Crippen LogP contribution in [0.5, 0.6) is 0 Å². The van der Waals surface area contributed by atoms with Crippen LogP contribution in [0.3, 0.4) is 0 Å². The van der Waals surface area contributed by atoms with Gasteiger partial charge in [0.15, 0.2) is 0 Å². The molecule has 2 rings (SSSR count). The molecule has 106 valence electrons. The van der Waals surface area contributed by atoms with Gasteiger partial charge >= 0.3 is 0 Å². The smallest absolute Gasteiger partial charge is 0.221 e. The Kier molecular flexibility index (Phi) is 5.00. The van der Waals surface area contributed by atoms with Crippen molar-refractivity contribution in [3.05, 3.63) is 56.7 Å². The van der Waals surface area contributed by atoms with Crippen molar-refractivity contribution in [1.29, 1.82) is 0 Å². The van der Waals surface area contributed by atoms with Gasteiger partial charge in [0, 0.05) is 10.9 Å². The third kappa shape index (κ3) is 4.18. The maximum absolute atomic E-state index is 12.1. The van der Waals surface area contributed by atoms with Crippen LogP contribution in [0.4, 0.5) is 0 Å². The van der Waals surface area contributed by atoms with Gasteiger partial charge in [-0.3, -0.25) is 4.79 Å². The fourth-order valence-corrected chi connectivity index (χ4v) is 3.01. The SMILES string of the molecule is CC(C)(NC(=O)CCc1ccsc1)c1ccc(Br)cc1. The Bertz CT molecular complexity index is 561. The first-order valence-electron chi connectivity index (χ1n) is 6.55. The highest BCUT2D eigenvalue weighted by Crippen LogP contribution is 2.22. The fourth-order valence-electron chi connectivity index (χ4n) is 2.04. The standard InChI is InChI=1S/C16H18BrNOS/c1-16(2,13-4-6-14(17)7-5-13)18-15(19)8-3-12-9-10-20-11-12/h4-7,9-11H,3,8H2,1-2H3,(H,18,19). The van der Waals surface area contributed by atoms with E-state index in [1.54, 1.807) is 11.3 Å². The van der Waals surface area contributed by atoms with Crippen LogP contribution >= 0.6 is 27.3 Å². The van der Waals surface area contributed by atoms with E-state index in [-0.39, 0.29) is 11.4 Å². The summed E-state index contributed by atoms with van der Waals surface area (Å²) < 4.78 is 1.04. The van der Waals surface area contributed by atoms with Gasteiger partial charge in [0.1, 0.15) is 0 Å². The first kappa shape index (κ1) is 15.3. The van der Waals surface area contributed by atoms with Crippen LogP contribution in [0, 0.1) is 0 Å². The first-order valence-corrected chi connectivity index (χ1v) is 8.29. The molecule has 1 heterocycles. The second-order valence-electron chi connectivity index (χ2n) is 5.31. The van der Waals surface area contributed by atoms with E-state index in [1.807, 2.05) is 43.5 Å². The summed E-state index contributed by atoms with van der Waals surface area (Å²) in [5.74, 6) is 0.0871. The second-order valence-corrected chi connectivity index (χ2v) is 7.01. The summed E-state index contributed by atoms with van der Waals surface area (Å²) in [7, 11) is 0. The van der Waals surface area contributed by atoms with Crippen LogP contribution in [-0.4, -0.2) is 5.91 Å². The number of hydrogen-bond donors (Lipinski definition) is 1. The maximum atomic E-state index is 12.1. The molecule has 4 heteroatoms.